The van der Waals surface area contributed by atoms with Gasteiger partial charge in [-0.3, -0.25) is 0 Å². The second-order valence-corrected chi connectivity index (χ2v) is 9.84. The molecule has 5 heteroatoms. The first kappa shape index (κ1) is 21.0. The maximum Gasteiger partial charge on any atom is 0.347 e. The number of aromatic nitrogens is 2. The number of methoxy groups -OCH3 is 1. The summed E-state index contributed by atoms with van der Waals surface area (Å²) in [4.78, 5) is 16.3. The molecule has 2 aromatic heterocycles. The third kappa shape index (κ3) is 3.07. The highest BCUT2D eigenvalue weighted by Crippen LogP contribution is 2.38. The summed E-state index contributed by atoms with van der Waals surface area (Å²) in [6, 6.07) is 25.0. The van der Waals surface area contributed by atoms with Crippen molar-refractivity contribution in [3.63, 3.8) is 0 Å². The summed E-state index contributed by atoms with van der Waals surface area (Å²) >= 11 is 1.74. The SMILES string of the molecule is CCC[n+]1c2ccc(OC)cc2n2c(=O)c3ccc(Sc4ccc(C)cc4)c4cccc(c43)c21. The zero-order chi connectivity index (χ0) is 23.4. The number of rotatable bonds is 5. The monoisotopic (exact) mass is 465 g/mol. The fraction of sp³-hybridized carbons (Fsp3) is 0.172. The van der Waals surface area contributed by atoms with E-state index >= 15 is 0 Å². The van der Waals surface area contributed by atoms with Crippen LogP contribution in [0.2, 0.25) is 0 Å². The number of fused-ring (bicyclic) bond motifs is 4. The Morgan fingerprint density at radius 3 is 2.50 bits per heavy atom. The molecule has 0 amide bonds. The highest BCUT2D eigenvalue weighted by atomic mass is 32.2. The van der Waals surface area contributed by atoms with Crippen molar-refractivity contribution in [1.29, 1.82) is 0 Å². The highest BCUT2D eigenvalue weighted by Gasteiger charge is 2.27. The molecule has 168 valence electrons. The summed E-state index contributed by atoms with van der Waals surface area (Å²) in [7, 11) is 1.66. The van der Waals surface area contributed by atoms with Gasteiger partial charge in [-0.2, -0.15) is 4.40 Å². The smallest absolute Gasteiger partial charge is 0.347 e. The van der Waals surface area contributed by atoms with Crippen molar-refractivity contribution in [1.82, 2.24) is 4.40 Å². The molecule has 0 atom stereocenters. The summed E-state index contributed by atoms with van der Waals surface area (Å²) in [6.45, 7) is 5.10. The van der Waals surface area contributed by atoms with Crippen molar-refractivity contribution < 1.29 is 9.30 Å². The summed E-state index contributed by atoms with van der Waals surface area (Å²) in [5.74, 6) is 0.748. The van der Waals surface area contributed by atoms with E-state index in [0.717, 1.165) is 61.8 Å². The Labute approximate surface area is 201 Å². The van der Waals surface area contributed by atoms with Gasteiger partial charge in [0.2, 0.25) is 0 Å². The van der Waals surface area contributed by atoms with Crippen molar-refractivity contribution >= 4 is 50.0 Å². The molecule has 0 unspecified atom stereocenters. The summed E-state index contributed by atoms with van der Waals surface area (Å²) in [5.41, 5.74) is 4.14. The van der Waals surface area contributed by atoms with E-state index < -0.39 is 0 Å². The minimum atomic E-state index is 0.0127. The first-order chi connectivity index (χ1) is 16.6. The van der Waals surface area contributed by atoms with E-state index in [9.17, 15) is 4.79 Å². The minimum Gasteiger partial charge on any atom is -0.497 e. The van der Waals surface area contributed by atoms with Gasteiger partial charge in [-0.05, 0) is 61.2 Å². The van der Waals surface area contributed by atoms with Crippen LogP contribution in [-0.2, 0) is 6.54 Å². The number of pyridine rings is 1. The Bertz CT molecular complexity index is 1750. The molecule has 0 aliphatic carbocycles. The molecule has 0 saturated heterocycles. The number of aryl methyl sites for hydroxylation is 2. The predicted octanol–water partition coefficient (Wildman–Crippen LogP) is 6.36. The van der Waals surface area contributed by atoms with Gasteiger partial charge in [-0.15, -0.1) is 0 Å². The average molecular weight is 466 g/mol. The Kier molecular flexibility index (Phi) is 4.96. The van der Waals surface area contributed by atoms with Gasteiger partial charge < -0.3 is 4.74 Å². The Hall–Kier alpha value is -3.57. The van der Waals surface area contributed by atoms with Gasteiger partial charge in [-0.25, -0.2) is 9.36 Å². The lowest BCUT2D eigenvalue weighted by atomic mass is 10.0. The van der Waals surface area contributed by atoms with E-state index in [1.165, 1.54) is 10.5 Å². The molecule has 0 fully saturated rings. The van der Waals surface area contributed by atoms with Crippen LogP contribution in [0.4, 0.5) is 0 Å². The van der Waals surface area contributed by atoms with E-state index in [1.807, 2.05) is 22.6 Å². The Balaban J connectivity index is 1.73. The third-order valence-electron chi connectivity index (χ3n) is 6.55. The molecule has 34 heavy (non-hydrogen) atoms. The van der Waals surface area contributed by atoms with Crippen LogP contribution >= 0.6 is 11.8 Å². The molecule has 4 aromatic carbocycles. The molecule has 2 heterocycles. The molecule has 0 spiro atoms. The van der Waals surface area contributed by atoms with Crippen LogP contribution in [0.3, 0.4) is 0 Å². The highest BCUT2D eigenvalue weighted by molar-refractivity contribution is 7.99. The zero-order valence-electron chi connectivity index (χ0n) is 19.5. The number of nitrogens with zero attached hydrogens (tertiary/aromatic N) is 2. The number of ether oxygens (including phenoxy) is 1. The quantitative estimate of drug-likeness (QED) is 0.278. The van der Waals surface area contributed by atoms with Gasteiger partial charge in [0, 0.05) is 21.2 Å². The molecule has 0 aliphatic heterocycles. The second kappa shape index (κ2) is 8.03. The van der Waals surface area contributed by atoms with Crippen molar-refractivity contribution in [3.8, 4) is 5.75 Å². The zero-order valence-corrected chi connectivity index (χ0v) is 20.3. The van der Waals surface area contributed by atoms with Gasteiger partial charge in [-0.1, -0.05) is 48.5 Å². The van der Waals surface area contributed by atoms with Gasteiger partial charge in [0.05, 0.1) is 24.4 Å². The maximum atomic E-state index is 13.9. The van der Waals surface area contributed by atoms with E-state index in [2.05, 4.69) is 73.0 Å². The van der Waals surface area contributed by atoms with Crippen LogP contribution in [0.1, 0.15) is 18.9 Å². The molecule has 6 aromatic rings. The lowest BCUT2D eigenvalue weighted by Gasteiger charge is -2.10. The standard InChI is InChI=1S/C29H25N2O2S/c1-4-16-30-24-14-10-19(33-3)17-25(24)31-28(30)22-7-5-6-21-26(15-13-23(27(21)22)29(31)32)34-20-11-8-18(2)9-12-20/h5-15,17H,4,16H2,1-3H3/q+1. The number of imidazole rings is 1. The Morgan fingerprint density at radius 1 is 0.941 bits per heavy atom. The minimum absolute atomic E-state index is 0.0127. The van der Waals surface area contributed by atoms with Crippen molar-refractivity contribution in [2.45, 2.75) is 36.6 Å². The summed E-state index contributed by atoms with van der Waals surface area (Å²) < 4.78 is 9.64. The van der Waals surface area contributed by atoms with E-state index in [-0.39, 0.29) is 5.56 Å². The molecule has 0 saturated carbocycles. The summed E-state index contributed by atoms with van der Waals surface area (Å²) in [6.07, 6.45) is 0.975. The van der Waals surface area contributed by atoms with Crippen LogP contribution < -0.4 is 14.9 Å². The van der Waals surface area contributed by atoms with Crippen LogP contribution in [0.5, 0.6) is 5.75 Å². The molecule has 4 nitrogen and oxygen atoms in total. The van der Waals surface area contributed by atoms with Crippen LogP contribution in [0.15, 0.2) is 87.4 Å². The van der Waals surface area contributed by atoms with Crippen LogP contribution in [0.25, 0.3) is 38.2 Å². The fourth-order valence-electron chi connectivity index (χ4n) is 5.00. The average Bonchev–Trinajstić information content (AvgIpc) is 3.18. The normalized spacial score (nSPS) is 11.9. The molecule has 0 N–H and O–H groups in total. The summed E-state index contributed by atoms with van der Waals surface area (Å²) in [5, 5.41) is 4.00. The number of hydrogen-bond acceptors (Lipinski definition) is 3. The van der Waals surface area contributed by atoms with E-state index in [0.29, 0.717) is 0 Å². The van der Waals surface area contributed by atoms with Crippen molar-refractivity contribution in [2.75, 3.05) is 7.11 Å². The molecule has 0 radical (unpaired) electrons. The van der Waals surface area contributed by atoms with Crippen molar-refractivity contribution in [3.05, 3.63) is 88.7 Å². The molecular weight excluding hydrogens is 440 g/mol. The van der Waals surface area contributed by atoms with E-state index in [1.54, 1.807) is 18.9 Å². The molecule has 6 rings (SSSR count). The van der Waals surface area contributed by atoms with E-state index in [4.69, 9.17) is 4.74 Å². The van der Waals surface area contributed by atoms with Crippen molar-refractivity contribution in [2.24, 2.45) is 0 Å². The van der Waals surface area contributed by atoms with Gasteiger partial charge in [0.15, 0.2) is 11.0 Å². The van der Waals surface area contributed by atoms with Gasteiger partial charge in [0.1, 0.15) is 5.75 Å². The largest absolute Gasteiger partial charge is 0.497 e. The topological polar surface area (TPSA) is 34.6 Å². The maximum absolute atomic E-state index is 13.9. The van der Waals surface area contributed by atoms with Gasteiger partial charge in [0.25, 0.3) is 5.65 Å². The second-order valence-electron chi connectivity index (χ2n) is 8.72. The lowest BCUT2D eigenvalue weighted by molar-refractivity contribution is -0.645. The first-order valence-corrected chi connectivity index (χ1v) is 12.4. The third-order valence-corrected chi connectivity index (χ3v) is 7.64. The molecular formula is C29H25N2O2S+. The lowest BCUT2D eigenvalue weighted by Crippen LogP contribution is -2.34. The predicted molar refractivity (Wildman–Crippen MR) is 140 cm³/mol. The van der Waals surface area contributed by atoms with Crippen LogP contribution in [0, 0.1) is 6.92 Å². The Morgan fingerprint density at radius 2 is 1.74 bits per heavy atom. The number of benzene rings is 4. The number of hydrogen-bond donors (Lipinski definition) is 0. The molecule has 0 aliphatic rings. The first-order valence-electron chi connectivity index (χ1n) is 11.6. The van der Waals surface area contributed by atoms with Crippen LogP contribution in [-0.4, -0.2) is 11.5 Å². The molecule has 0 bridgehead atoms. The van der Waals surface area contributed by atoms with Gasteiger partial charge >= 0.3 is 5.56 Å². The fourth-order valence-corrected chi connectivity index (χ4v) is 5.94.